The van der Waals surface area contributed by atoms with E-state index in [1.54, 1.807) is 0 Å². The number of carbonyl (C=O) groups is 3. The molecular formula is C21H37N5O3. The molecule has 2 unspecified atom stereocenters. The minimum atomic E-state index is -0.375. The third-order valence-electron chi connectivity index (χ3n) is 6.58. The Labute approximate surface area is 174 Å². The number of nitrogens with zero attached hydrogens (tertiary/aromatic N) is 3. The standard InChI is InChI=1S/C21H37N5O3/c1-17-7-3-4-8-18(17)22-21(29)23-19(27)15-24-11-13-25(14-12-24)16-20(28)26-9-5-2-6-10-26/h17-18H,2-16H2,1H3,(H2,22,23,27,29). The summed E-state index contributed by atoms with van der Waals surface area (Å²) in [5, 5.41) is 5.43. The number of urea groups is 1. The molecule has 0 bridgehead atoms. The quantitative estimate of drug-likeness (QED) is 0.711. The first-order chi connectivity index (χ1) is 14.0. The van der Waals surface area contributed by atoms with Crippen LogP contribution in [0.4, 0.5) is 4.79 Å². The van der Waals surface area contributed by atoms with Gasteiger partial charge in [-0.05, 0) is 38.0 Å². The van der Waals surface area contributed by atoms with Gasteiger partial charge in [0.2, 0.25) is 11.8 Å². The largest absolute Gasteiger partial charge is 0.342 e. The summed E-state index contributed by atoms with van der Waals surface area (Å²) in [4.78, 5) is 42.9. The Morgan fingerprint density at radius 2 is 1.41 bits per heavy atom. The number of rotatable bonds is 5. The van der Waals surface area contributed by atoms with E-state index in [-0.39, 0.29) is 30.4 Å². The highest BCUT2D eigenvalue weighted by Crippen LogP contribution is 2.23. The van der Waals surface area contributed by atoms with Crippen molar-refractivity contribution < 1.29 is 14.4 Å². The minimum Gasteiger partial charge on any atom is -0.342 e. The van der Waals surface area contributed by atoms with Crippen LogP contribution in [0.15, 0.2) is 0 Å². The summed E-state index contributed by atoms with van der Waals surface area (Å²) >= 11 is 0. The van der Waals surface area contributed by atoms with Crippen LogP contribution in [0.3, 0.4) is 0 Å². The first kappa shape index (κ1) is 22.0. The van der Waals surface area contributed by atoms with Gasteiger partial charge in [0, 0.05) is 45.3 Å². The highest BCUT2D eigenvalue weighted by molar-refractivity contribution is 5.95. The maximum absolute atomic E-state index is 12.4. The van der Waals surface area contributed by atoms with Gasteiger partial charge in [0.25, 0.3) is 0 Å². The number of hydrogen-bond donors (Lipinski definition) is 2. The minimum absolute atomic E-state index is 0.164. The van der Waals surface area contributed by atoms with Gasteiger partial charge in [-0.25, -0.2) is 4.79 Å². The van der Waals surface area contributed by atoms with E-state index in [4.69, 9.17) is 0 Å². The van der Waals surface area contributed by atoms with Crippen molar-refractivity contribution in [2.75, 3.05) is 52.4 Å². The SMILES string of the molecule is CC1CCCCC1NC(=O)NC(=O)CN1CCN(CC(=O)N2CCCCC2)CC1. The number of amides is 4. The predicted molar refractivity (Wildman–Crippen MR) is 111 cm³/mol. The predicted octanol–water partition coefficient (Wildman–Crippen LogP) is 1.02. The van der Waals surface area contributed by atoms with Crippen LogP contribution in [0.1, 0.15) is 51.9 Å². The molecule has 0 aromatic heterocycles. The van der Waals surface area contributed by atoms with Crippen LogP contribution in [0, 0.1) is 5.92 Å². The normalized spacial score (nSPS) is 26.7. The van der Waals surface area contributed by atoms with Gasteiger partial charge in [0.05, 0.1) is 13.1 Å². The maximum atomic E-state index is 12.4. The van der Waals surface area contributed by atoms with Crippen molar-refractivity contribution in [1.29, 1.82) is 0 Å². The second kappa shape index (κ2) is 10.9. The van der Waals surface area contributed by atoms with E-state index in [9.17, 15) is 14.4 Å². The summed E-state index contributed by atoms with van der Waals surface area (Å²) in [6, 6.07) is -0.211. The Balaban J connectivity index is 1.31. The van der Waals surface area contributed by atoms with E-state index < -0.39 is 0 Å². The zero-order valence-corrected chi connectivity index (χ0v) is 17.8. The second-order valence-electron chi connectivity index (χ2n) is 8.88. The van der Waals surface area contributed by atoms with E-state index >= 15 is 0 Å². The summed E-state index contributed by atoms with van der Waals surface area (Å²) in [5.41, 5.74) is 0. The van der Waals surface area contributed by atoms with E-state index in [0.717, 1.165) is 71.4 Å². The van der Waals surface area contributed by atoms with Crippen molar-refractivity contribution in [2.45, 2.75) is 57.9 Å². The molecule has 1 aliphatic carbocycles. The molecule has 2 aliphatic heterocycles. The molecule has 29 heavy (non-hydrogen) atoms. The van der Waals surface area contributed by atoms with Gasteiger partial charge in [-0.15, -0.1) is 0 Å². The molecule has 3 aliphatic rings. The van der Waals surface area contributed by atoms with Gasteiger partial charge in [-0.2, -0.15) is 0 Å². The van der Waals surface area contributed by atoms with E-state index in [2.05, 4.69) is 22.5 Å². The van der Waals surface area contributed by atoms with Crippen molar-refractivity contribution in [1.82, 2.24) is 25.3 Å². The Kier molecular flexibility index (Phi) is 8.29. The van der Waals surface area contributed by atoms with Crippen LogP contribution in [-0.2, 0) is 9.59 Å². The molecule has 2 heterocycles. The molecule has 2 saturated heterocycles. The van der Waals surface area contributed by atoms with Crippen molar-refractivity contribution in [3.8, 4) is 0 Å². The third-order valence-corrected chi connectivity index (χ3v) is 6.58. The summed E-state index contributed by atoms with van der Waals surface area (Å²) < 4.78 is 0. The Bertz CT molecular complexity index is 571. The summed E-state index contributed by atoms with van der Waals surface area (Å²) in [6.45, 7) is 7.66. The van der Waals surface area contributed by atoms with Crippen LogP contribution < -0.4 is 10.6 Å². The molecule has 1 saturated carbocycles. The number of carbonyl (C=O) groups excluding carboxylic acids is 3. The molecular weight excluding hydrogens is 370 g/mol. The first-order valence-corrected chi connectivity index (χ1v) is 11.3. The van der Waals surface area contributed by atoms with Crippen molar-refractivity contribution in [2.24, 2.45) is 5.92 Å². The van der Waals surface area contributed by atoms with E-state index in [1.165, 1.54) is 12.8 Å². The van der Waals surface area contributed by atoms with Gasteiger partial charge in [-0.1, -0.05) is 19.8 Å². The molecule has 3 rings (SSSR count). The van der Waals surface area contributed by atoms with Gasteiger partial charge in [0.1, 0.15) is 0 Å². The topological polar surface area (TPSA) is 85.0 Å². The number of piperidine rings is 1. The lowest BCUT2D eigenvalue weighted by Crippen LogP contribution is -2.54. The van der Waals surface area contributed by atoms with Crippen LogP contribution in [-0.4, -0.2) is 90.9 Å². The number of nitrogens with one attached hydrogen (secondary N) is 2. The molecule has 164 valence electrons. The van der Waals surface area contributed by atoms with Crippen LogP contribution in [0.5, 0.6) is 0 Å². The van der Waals surface area contributed by atoms with Gasteiger partial charge in [0.15, 0.2) is 0 Å². The Morgan fingerprint density at radius 1 is 0.793 bits per heavy atom. The number of hydrogen-bond acceptors (Lipinski definition) is 5. The average molecular weight is 408 g/mol. The van der Waals surface area contributed by atoms with E-state index in [0.29, 0.717) is 12.5 Å². The Morgan fingerprint density at radius 3 is 2.07 bits per heavy atom. The average Bonchev–Trinajstić information content (AvgIpc) is 2.71. The second-order valence-corrected chi connectivity index (χ2v) is 8.88. The highest BCUT2D eigenvalue weighted by atomic mass is 16.2. The van der Waals surface area contributed by atoms with Crippen molar-refractivity contribution >= 4 is 17.8 Å². The lowest BCUT2D eigenvalue weighted by Gasteiger charge is -2.35. The third kappa shape index (κ3) is 6.96. The number of imide groups is 1. The lowest BCUT2D eigenvalue weighted by atomic mass is 9.86. The zero-order valence-electron chi connectivity index (χ0n) is 17.8. The maximum Gasteiger partial charge on any atom is 0.321 e. The molecule has 8 heteroatoms. The molecule has 0 aromatic carbocycles. The van der Waals surface area contributed by atoms with E-state index in [1.807, 2.05) is 9.80 Å². The molecule has 4 amide bonds. The molecule has 2 N–H and O–H groups in total. The molecule has 0 spiro atoms. The molecule has 0 aromatic rings. The van der Waals surface area contributed by atoms with Crippen molar-refractivity contribution in [3.63, 3.8) is 0 Å². The summed E-state index contributed by atoms with van der Waals surface area (Å²) in [6.07, 6.45) is 7.92. The van der Waals surface area contributed by atoms with Crippen LogP contribution in [0.2, 0.25) is 0 Å². The molecule has 2 atom stereocenters. The highest BCUT2D eigenvalue weighted by Gasteiger charge is 2.25. The van der Waals surface area contributed by atoms with Crippen molar-refractivity contribution in [3.05, 3.63) is 0 Å². The zero-order chi connectivity index (χ0) is 20.6. The Hall–Kier alpha value is -1.67. The number of likely N-dealkylation sites (tertiary alicyclic amines) is 1. The lowest BCUT2D eigenvalue weighted by molar-refractivity contribution is -0.134. The fourth-order valence-electron chi connectivity index (χ4n) is 4.64. The fourth-order valence-corrected chi connectivity index (χ4v) is 4.64. The molecule has 3 fully saturated rings. The molecule has 8 nitrogen and oxygen atoms in total. The summed E-state index contributed by atoms with van der Waals surface area (Å²) in [5.74, 6) is 0.429. The fraction of sp³-hybridized carbons (Fsp3) is 0.857. The van der Waals surface area contributed by atoms with Gasteiger partial charge < -0.3 is 10.2 Å². The van der Waals surface area contributed by atoms with Gasteiger partial charge in [-0.3, -0.25) is 24.7 Å². The van der Waals surface area contributed by atoms with Gasteiger partial charge >= 0.3 is 6.03 Å². The van der Waals surface area contributed by atoms with Crippen LogP contribution in [0.25, 0.3) is 0 Å². The number of piperazine rings is 1. The molecule has 0 radical (unpaired) electrons. The summed E-state index contributed by atoms with van der Waals surface area (Å²) in [7, 11) is 0. The monoisotopic (exact) mass is 407 g/mol. The first-order valence-electron chi connectivity index (χ1n) is 11.3. The van der Waals surface area contributed by atoms with Crippen LogP contribution >= 0.6 is 0 Å². The smallest absolute Gasteiger partial charge is 0.321 e.